The Bertz CT molecular complexity index is 379. The molecule has 0 saturated heterocycles. The lowest BCUT2D eigenvalue weighted by molar-refractivity contribution is 0.263. The molecule has 1 heterocycles. The quantitative estimate of drug-likeness (QED) is 0.784. The Kier molecular flexibility index (Phi) is 2.94. The minimum atomic E-state index is 0.254. The zero-order valence-electron chi connectivity index (χ0n) is 10.6. The van der Waals surface area contributed by atoms with Gasteiger partial charge in [0.2, 0.25) is 0 Å². The summed E-state index contributed by atoms with van der Waals surface area (Å²) >= 11 is 0. The molecular weight excluding hydrogens is 198 g/mol. The van der Waals surface area contributed by atoms with E-state index in [1.807, 2.05) is 0 Å². The zero-order valence-corrected chi connectivity index (χ0v) is 10.6. The Balaban J connectivity index is 2.40. The second kappa shape index (κ2) is 4.10. The van der Waals surface area contributed by atoms with E-state index in [1.165, 1.54) is 11.1 Å². The third-order valence-corrected chi connectivity index (χ3v) is 3.27. The van der Waals surface area contributed by atoms with Gasteiger partial charge < -0.3 is 10.1 Å². The molecule has 1 N–H and O–H groups in total. The molecule has 0 radical (unpaired) electrons. The molecule has 1 atom stereocenters. The highest BCUT2D eigenvalue weighted by Gasteiger charge is 2.30. The van der Waals surface area contributed by atoms with Crippen LogP contribution < -0.4 is 10.1 Å². The summed E-state index contributed by atoms with van der Waals surface area (Å²) in [6.07, 6.45) is 1.10. The van der Waals surface area contributed by atoms with Crippen molar-refractivity contribution in [3.63, 3.8) is 0 Å². The van der Waals surface area contributed by atoms with E-state index >= 15 is 0 Å². The van der Waals surface area contributed by atoms with Crippen molar-refractivity contribution in [2.24, 2.45) is 5.41 Å². The van der Waals surface area contributed by atoms with Gasteiger partial charge in [0.05, 0.1) is 7.11 Å². The summed E-state index contributed by atoms with van der Waals surface area (Å²) in [6, 6.07) is 6.89. The van der Waals surface area contributed by atoms with Crippen molar-refractivity contribution < 1.29 is 4.74 Å². The van der Waals surface area contributed by atoms with Gasteiger partial charge in [-0.1, -0.05) is 26.8 Å². The molecule has 0 amide bonds. The number of methoxy groups -OCH3 is 1. The monoisotopic (exact) mass is 219 g/mol. The summed E-state index contributed by atoms with van der Waals surface area (Å²) in [5.41, 5.74) is 3.11. The van der Waals surface area contributed by atoms with Crippen molar-refractivity contribution in [1.29, 1.82) is 0 Å². The highest BCUT2D eigenvalue weighted by Crippen LogP contribution is 2.37. The van der Waals surface area contributed by atoms with Gasteiger partial charge in [-0.15, -0.1) is 0 Å². The van der Waals surface area contributed by atoms with Gasteiger partial charge in [0.25, 0.3) is 0 Å². The van der Waals surface area contributed by atoms with Crippen molar-refractivity contribution in [1.82, 2.24) is 5.32 Å². The summed E-state index contributed by atoms with van der Waals surface area (Å²) in [7, 11) is 1.73. The fourth-order valence-corrected chi connectivity index (χ4v) is 2.44. The number of benzene rings is 1. The number of hydrogen-bond acceptors (Lipinski definition) is 2. The van der Waals surface area contributed by atoms with Crippen LogP contribution in [0.25, 0.3) is 0 Å². The SMILES string of the molecule is COc1ccc2c(c1)CCNC2C(C)(C)C. The molecule has 1 aromatic carbocycles. The predicted molar refractivity (Wildman–Crippen MR) is 66.9 cm³/mol. The minimum Gasteiger partial charge on any atom is -0.497 e. The van der Waals surface area contributed by atoms with E-state index in [1.54, 1.807) is 7.11 Å². The van der Waals surface area contributed by atoms with Crippen molar-refractivity contribution in [2.45, 2.75) is 33.2 Å². The van der Waals surface area contributed by atoms with Gasteiger partial charge in [-0.3, -0.25) is 0 Å². The largest absolute Gasteiger partial charge is 0.497 e. The van der Waals surface area contributed by atoms with Crippen LogP contribution in [-0.2, 0) is 6.42 Å². The van der Waals surface area contributed by atoms with E-state index in [9.17, 15) is 0 Å². The van der Waals surface area contributed by atoms with Crippen molar-refractivity contribution in [2.75, 3.05) is 13.7 Å². The summed E-state index contributed by atoms with van der Waals surface area (Å²) in [5, 5.41) is 3.61. The van der Waals surface area contributed by atoms with Gasteiger partial charge >= 0.3 is 0 Å². The molecule has 0 aromatic heterocycles. The molecule has 1 aliphatic heterocycles. The molecular formula is C14H21NO. The van der Waals surface area contributed by atoms with Crippen LogP contribution in [-0.4, -0.2) is 13.7 Å². The zero-order chi connectivity index (χ0) is 11.8. The first kappa shape index (κ1) is 11.5. The number of rotatable bonds is 1. The molecule has 1 aliphatic rings. The highest BCUT2D eigenvalue weighted by molar-refractivity contribution is 5.39. The minimum absolute atomic E-state index is 0.254. The Morgan fingerprint density at radius 3 is 2.69 bits per heavy atom. The molecule has 0 bridgehead atoms. The molecule has 0 aliphatic carbocycles. The number of nitrogens with one attached hydrogen (secondary N) is 1. The van der Waals surface area contributed by atoms with E-state index in [-0.39, 0.29) is 5.41 Å². The first-order chi connectivity index (χ1) is 7.52. The fraction of sp³-hybridized carbons (Fsp3) is 0.571. The van der Waals surface area contributed by atoms with Crippen LogP contribution in [0.2, 0.25) is 0 Å². The fourth-order valence-electron chi connectivity index (χ4n) is 2.44. The van der Waals surface area contributed by atoms with Crippen molar-refractivity contribution in [3.8, 4) is 5.75 Å². The Morgan fingerprint density at radius 1 is 1.31 bits per heavy atom. The van der Waals surface area contributed by atoms with Crippen LogP contribution in [0.1, 0.15) is 37.9 Å². The van der Waals surface area contributed by atoms with Crippen LogP contribution in [0.15, 0.2) is 18.2 Å². The molecule has 88 valence electrons. The van der Waals surface area contributed by atoms with E-state index in [2.05, 4.69) is 44.3 Å². The van der Waals surface area contributed by atoms with E-state index in [0.29, 0.717) is 6.04 Å². The standard InChI is InChI=1S/C14H21NO/c1-14(2,3)13-12-6-5-11(16-4)9-10(12)7-8-15-13/h5-6,9,13,15H,7-8H2,1-4H3. The van der Waals surface area contributed by atoms with Crippen molar-refractivity contribution in [3.05, 3.63) is 29.3 Å². The van der Waals surface area contributed by atoms with Crippen LogP contribution in [0.4, 0.5) is 0 Å². The summed E-state index contributed by atoms with van der Waals surface area (Å²) in [5.74, 6) is 0.966. The topological polar surface area (TPSA) is 21.3 Å². The van der Waals surface area contributed by atoms with Gasteiger partial charge in [0.1, 0.15) is 5.75 Å². The number of fused-ring (bicyclic) bond motifs is 1. The Morgan fingerprint density at radius 2 is 2.06 bits per heavy atom. The molecule has 2 nitrogen and oxygen atoms in total. The molecule has 2 heteroatoms. The molecule has 1 unspecified atom stereocenters. The summed E-state index contributed by atoms with van der Waals surface area (Å²) in [4.78, 5) is 0. The Labute approximate surface area is 98.0 Å². The van der Waals surface area contributed by atoms with Crippen molar-refractivity contribution >= 4 is 0 Å². The maximum absolute atomic E-state index is 5.28. The molecule has 2 rings (SSSR count). The lowest BCUT2D eigenvalue weighted by Crippen LogP contribution is -2.37. The van der Waals surface area contributed by atoms with Crippen LogP contribution >= 0.6 is 0 Å². The highest BCUT2D eigenvalue weighted by atomic mass is 16.5. The van der Waals surface area contributed by atoms with E-state index in [4.69, 9.17) is 4.74 Å². The van der Waals surface area contributed by atoms with Gasteiger partial charge in [0, 0.05) is 6.04 Å². The average molecular weight is 219 g/mol. The van der Waals surface area contributed by atoms with Gasteiger partial charge in [-0.25, -0.2) is 0 Å². The molecule has 0 spiro atoms. The van der Waals surface area contributed by atoms with E-state index in [0.717, 1.165) is 18.7 Å². The maximum Gasteiger partial charge on any atom is 0.119 e. The summed E-state index contributed by atoms with van der Waals surface area (Å²) < 4.78 is 5.28. The third kappa shape index (κ3) is 2.07. The maximum atomic E-state index is 5.28. The van der Waals surface area contributed by atoms with Gasteiger partial charge in [-0.2, -0.15) is 0 Å². The number of ether oxygens (including phenoxy) is 1. The molecule has 1 aromatic rings. The molecule has 16 heavy (non-hydrogen) atoms. The third-order valence-electron chi connectivity index (χ3n) is 3.27. The van der Waals surface area contributed by atoms with Crippen LogP contribution in [0.3, 0.4) is 0 Å². The van der Waals surface area contributed by atoms with Crippen LogP contribution in [0.5, 0.6) is 5.75 Å². The summed E-state index contributed by atoms with van der Waals surface area (Å²) in [6.45, 7) is 7.90. The van der Waals surface area contributed by atoms with Gasteiger partial charge in [-0.05, 0) is 41.6 Å². The number of hydrogen-bond donors (Lipinski definition) is 1. The second-order valence-corrected chi connectivity index (χ2v) is 5.57. The average Bonchev–Trinajstić information content (AvgIpc) is 2.26. The smallest absolute Gasteiger partial charge is 0.119 e. The predicted octanol–water partition coefficient (Wildman–Crippen LogP) is 2.93. The van der Waals surface area contributed by atoms with E-state index < -0.39 is 0 Å². The molecule has 0 saturated carbocycles. The first-order valence-electron chi connectivity index (χ1n) is 5.92. The molecule has 0 fully saturated rings. The lowest BCUT2D eigenvalue weighted by atomic mass is 9.78. The Hall–Kier alpha value is -1.02. The first-order valence-corrected chi connectivity index (χ1v) is 5.92. The van der Waals surface area contributed by atoms with Gasteiger partial charge in [0.15, 0.2) is 0 Å². The lowest BCUT2D eigenvalue weighted by Gasteiger charge is -2.36. The normalized spacial score (nSPS) is 20.4. The second-order valence-electron chi connectivity index (χ2n) is 5.57. The van der Waals surface area contributed by atoms with Crippen LogP contribution in [0, 0.1) is 5.41 Å².